The SMILES string of the molecule is CC(C)Cc1ccc(C(C)NC(=O)c2cccc(S(=O)(=O)N(C)C)c2)cc1. The summed E-state index contributed by atoms with van der Waals surface area (Å²) in [5.74, 6) is 0.295. The largest absolute Gasteiger partial charge is 0.346 e. The van der Waals surface area contributed by atoms with Gasteiger partial charge >= 0.3 is 0 Å². The first-order valence-electron chi connectivity index (χ1n) is 9.03. The van der Waals surface area contributed by atoms with Crippen LogP contribution < -0.4 is 5.32 Å². The van der Waals surface area contributed by atoms with Crippen LogP contribution in [-0.2, 0) is 16.4 Å². The molecule has 0 radical (unpaired) electrons. The van der Waals surface area contributed by atoms with Gasteiger partial charge in [-0.05, 0) is 48.6 Å². The number of hydrogen-bond acceptors (Lipinski definition) is 3. The first-order chi connectivity index (χ1) is 12.6. The van der Waals surface area contributed by atoms with Crippen LogP contribution in [0.4, 0.5) is 0 Å². The predicted molar refractivity (Wildman–Crippen MR) is 108 cm³/mol. The molecule has 0 heterocycles. The molecule has 1 atom stereocenters. The zero-order valence-electron chi connectivity index (χ0n) is 16.6. The van der Waals surface area contributed by atoms with Gasteiger partial charge in [-0.15, -0.1) is 0 Å². The molecular formula is C21H28N2O3S. The highest BCUT2D eigenvalue weighted by Crippen LogP contribution is 2.18. The Morgan fingerprint density at radius 3 is 2.22 bits per heavy atom. The number of carbonyl (C=O) groups is 1. The standard InChI is InChI=1S/C21H28N2O3S/c1-15(2)13-17-9-11-18(12-10-17)16(3)22-21(24)19-7-6-8-20(14-19)27(25,26)23(4)5/h6-12,14-16H,13H2,1-5H3,(H,22,24). The second kappa shape index (κ2) is 8.67. The third kappa shape index (κ3) is 5.40. The van der Waals surface area contributed by atoms with Crippen molar-refractivity contribution in [3.8, 4) is 0 Å². The Labute approximate surface area is 162 Å². The van der Waals surface area contributed by atoms with Gasteiger partial charge in [0.15, 0.2) is 0 Å². The number of carbonyl (C=O) groups excluding carboxylic acids is 1. The van der Waals surface area contributed by atoms with Crippen molar-refractivity contribution in [3.05, 3.63) is 65.2 Å². The second-order valence-corrected chi connectivity index (χ2v) is 9.50. The summed E-state index contributed by atoms with van der Waals surface area (Å²) in [6.45, 7) is 6.28. The molecule has 0 aliphatic carbocycles. The van der Waals surface area contributed by atoms with Gasteiger partial charge in [0.05, 0.1) is 10.9 Å². The molecule has 1 N–H and O–H groups in total. The molecule has 0 saturated carbocycles. The molecule has 146 valence electrons. The molecule has 0 aliphatic heterocycles. The molecular weight excluding hydrogens is 360 g/mol. The molecule has 1 unspecified atom stereocenters. The van der Waals surface area contributed by atoms with Crippen LogP contribution in [0, 0.1) is 5.92 Å². The zero-order chi connectivity index (χ0) is 20.2. The minimum Gasteiger partial charge on any atom is -0.346 e. The van der Waals surface area contributed by atoms with Crippen LogP contribution >= 0.6 is 0 Å². The van der Waals surface area contributed by atoms with Crippen molar-refractivity contribution in [1.29, 1.82) is 0 Å². The predicted octanol–water partition coefficient (Wildman–Crippen LogP) is 3.63. The summed E-state index contributed by atoms with van der Waals surface area (Å²) < 4.78 is 25.6. The Hall–Kier alpha value is -2.18. The van der Waals surface area contributed by atoms with E-state index < -0.39 is 10.0 Å². The summed E-state index contributed by atoms with van der Waals surface area (Å²) in [6.07, 6.45) is 1.02. The van der Waals surface area contributed by atoms with E-state index >= 15 is 0 Å². The van der Waals surface area contributed by atoms with Crippen molar-refractivity contribution in [2.24, 2.45) is 5.92 Å². The molecule has 27 heavy (non-hydrogen) atoms. The summed E-state index contributed by atoms with van der Waals surface area (Å²) in [4.78, 5) is 12.7. The van der Waals surface area contributed by atoms with Gasteiger partial charge in [0.1, 0.15) is 0 Å². The molecule has 0 bridgehead atoms. The molecule has 5 nitrogen and oxygen atoms in total. The normalized spacial score (nSPS) is 13.0. The van der Waals surface area contributed by atoms with E-state index in [0.717, 1.165) is 16.3 Å². The Balaban J connectivity index is 2.13. The van der Waals surface area contributed by atoms with E-state index in [0.29, 0.717) is 11.5 Å². The number of amides is 1. The fourth-order valence-electron chi connectivity index (χ4n) is 2.79. The Bertz CT molecular complexity index is 888. The van der Waals surface area contributed by atoms with Crippen LogP contribution in [0.5, 0.6) is 0 Å². The van der Waals surface area contributed by atoms with Gasteiger partial charge in [-0.25, -0.2) is 12.7 Å². The van der Waals surface area contributed by atoms with E-state index in [2.05, 4.69) is 31.3 Å². The lowest BCUT2D eigenvalue weighted by molar-refractivity contribution is 0.0939. The molecule has 6 heteroatoms. The Morgan fingerprint density at radius 1 is 1.04 bits per heavy atom. The number of nitrogens with one attached hydrogen (secondary N) is 1. The van der Waals surface area contributed by atoms with Crippen molar-refractivity contribution in [2.75, 3.05) is 14.1 Å². The summed E-state index contributed by atoms with van der Waals surface area (Å²) in [5.41, 5.74) is 2.60. The minimum atomic E-state index is -3.58. The maximum absolute atomic E-state index is 12.6. The van der Waals surface area contributed by atoms with E-state index in [1.165, 1.54) is 31.8 Å². The van der Waals surface area contributed by atoms with Crippen molar-refractivity contribution in [1.82, 2.24) is 9.62 Å². The molecule has 2 rings (SSSR count). The van der Waals surface area contributed by atoms with Crippen molar-refractivity contribution in [3.63, 3.8) is 0 Å². The number of nitrogens with zero attached hydrogens (tertiary/aromatic N) is 1. The van der Waals surface area contributed by atoms with Crippen molar-refractivity contribution in [2.45, 2.75) is 38.1 Å². The summed E-state index contributed by atoms with van der Waals surface area (Å²) in [7, 11) is -0.644. The topological polar surface area (TPSA) is 66.5 Å². The minimum absolute atomic E-state index is 0.103. The number of hydrogen-bond donors (Lipinski definition) is 1. The van der Waals surface area contributed by atoms with Crippen molar-refractivity contribution >= 4 is 15.9 Å². The molecule has 0 spiro atoms. The first-order valence-corrected chi connectivity index (χ1v) is 10.5. The van der Waals surface area contributed by atoms with E-state index in [1.807, 2.05) is 19.1 Å². The highest BCUT2D eigenvalue weighted by atomic mass is 32.2. The highest BCUT2D eigenvalue weighted by Gasteiger charge is 2.19. The third-order valence-electron chi connectivity index (χ3n) is 4.35. The molecule has 0 aromatic heterocycles. The lowest BCUT2D eigenvalue weighted by atomic mass is 10.00. The monoisotopic (exact) mass is 388 g/mol. The fraction of sp³-hybridized carbons (Fsp3) is 0.381. The number of rotatable bonds is 7. The Kier molecular flexibility index (Phi) is 6.78. The molecule has 0 aliphatic rings. The molecule has 1 amide bonds. The lowest BCUT2D eigenvalue weighted by Crippen LogP contribution is -2.27. The fourth-order valence-corrected chi connectivity index (χ4v) is 3.73. The van der Waals surface area contributed by atoms with Crippen LogP contribution in [0.25, 0.3) is 0 Å². The number of sulfonamides is 1. The average Bonchev–Trinajstić information content (AvgIpc) is 2.61. The summed E-state index contributed by atoms with van der Waals surface area (Å²) in [5, 5.41) is 2.93. The average molecular weight is 389 g/mol. The molecule has 2 aromatic rings. The van der Waals surface area contributed by atoms with Gasteiger partial charge in [-0.1, -0.05) is 44.2 Å². The molecule has 2 aromatic carbocycles. The van der Waals surface area contributed by atoms with Crippen LogP contribution in [0.15, 0.2) is 53.4 Å². The quantitative estimate of drug-likeness (QED) is 0.788. The third-order valence-corrected chi connectivity index (χ3v) is 6.16. The van der Waals surface area contributed by atoms with E-state index in [1.54, 1.807) is 12.1 Å². The van der Waals surface area contributed by atoms with Crippen molar-refractivity contribution < 1.29 is 13.2 Å². The summed E-state index contributed by atoms with van der Waals surface area (Å²) >= 11 is 0. The van der Waals surface area contributed by atoms with Gasteiger partial charge in [0.25, 0.3) is 5.91 Å². The lowest BCUT2D eigenvalue weighted by Gasteiger charge is -2.16. The van der Waals surface area contributed by atoms with E-state index in [9.17, 15) is 13.2 Å². The van der Waals surface area contributed by atoms with Gasteiger partial charge in [0, 0.05) is 19.7 Å². The first kappa shape index (κ1) is 21.1. The second-order valence-electron chi connectivity index (χ2n) is 7.35. The van der Waals surface area contributed by atoms with Gasteiger partial charge in [-0.3, -0.25) is 4.79 Å². The summed E-state index contributed by atoms with van der Waals surface area (Å²) in [6, 6.07) is 14.1. The number of benzene rings is 2. The van der Waals surface area contributed by atoms with Crippen LogP contribution in [-0.4, -0.2) is 32.7 Å². The Morgan fingerprint density at radius 2 is 1.67 bits per heavy atom. The van der Waals surface area contributed by atoms with E-state index in [-0.39, 0.29) is 16.8 Å². The molecule has 0 fully saturated rings. The zero-order valence-corrected chi connectivity index (χ0v) is 17.4. The van der Waals surface area contributed by atoms with Crippen LogP contribution in [0.1, 0.15) is 48.3 Å². The van der Waals surface area contributed by atoms with E-state index in [4.69, 9.17) is 0 Å². The maximum Gasteiger partial charge on any atom is 0.251 e. The highest BCUT2D eigenvalue weighted by molar-refractivity contribution is 7.89. The van der Waals surface area contributed by atoms with Gasteiger partial charge in [-0.2, -0.15) is 0 Å². The van der Waals surface area contributed by atoms with Gasteiger partial charge < -0.3 is 5.32 Å². The maximum atomic E-state index is 12.6. The van der Waals surface area contributed by atoms with Gasteiger partial charge in [0.2, 0.25) is 10.0 Å². The smallest absolute Gasteiger partial charge is 0.251 e. The van der Waals surface area contributed by atoms with Crippen LogP contribution in [0.3, 0.4) is 0 Å². The molecule has 0 saturated heterocycles. The van der Waals surface area contributed by atoms with Crippen LogP contribution in [0.2, 0.25) is 0 Å².